The Hall–Kier alpha value is -2.59. The number of pyridine rings is 1. The number of halogens is 4. The minimum Gasteiger partial charge on any atom is -0.324 e. The Morgan fingerprint density at radius 2 is 2.07 bits per heavy atom. The average Bonchev–Trinajstić information content (AvgIpc) is 3.10. The van der Waals surface area contributed by atoms with Crippen LogP contribution in [0.1, 0.15) is 5.56 Å². The quantitative estimate of drug-likeness (QED) is 0.638. The van der Waals surface area contributed by atoms with Gasteiger partial charge in [0.1, 0.15) is 12.1 Å². The van der Waals surface area contributed by atoms with E-state index < -0.39 is 17.6 Å². The summed E-state index contributed by atoms with van der Waals surface area (Å²) in [5.41, 5.74) is -1.01. The van der Waals surface area contributed by atoms with E-state index in [1.54, 1.807) is 29.0 Å². The van der Waals surface area contributed by atoms with E-state index >= 15 is 0 Å². The van der Waals surface area contributed by atoms with Gasteiger partial charge in [-0.2, -0.15) is 13.2 Å². The molecule has 0 saturated heterocycles. The third kappa shape index (κ3) is 4.77. The highest BCUT2D eigenvalue weighted by atomic mass is 35.5. The zero-order chi connectivity index (χ0) is 19.4. The van der Waals surface area contributed by atoms with Crippen molar-refractivity contribution >= 4 is 35.0 Å². The van der Waals surface area contributed by atoms with E-state index in [1.165, 1.54) is 6.33 Å². The number of rotatable bonds is 5. The normalized spacial score (nSPS) is 11.4. The van der Waals surface area contributed by atoms with Crippen LogP contribution in [0.5, 0.6) is 0 Å². The molecule has 6 nitrogen and oxygen atoms in total. The van der Waals surface area contributed by atoms with Crippen LogP contribution in [0.15, 0.2) is 54.1 Å². The highest BCUT2D eigenvalue weighted by molar-refractivity contribution is 7.99. The minimum atomic E-state index is -4.53. The maximum Gasteiger partial charge on any atom is 0.416 e. The van der Waals surface area contributed by atoms with Crippen molar-refractivity contribution in [2.45, 2.75) is 11.3 Å². The highest BCUT2D eigenvalue weighted by Crippen LogP contribution is 2.34. The van der Waals surface area contributed by atoms with Gasteiger partial charge in [0.25, 0.3) is 0 Å². The second kappa shape index (κ2) is 7.97. The number of hydrogen-bond donors (Lipinski definition) is 1. The predicted octanol–water partition coefficient (Wildman–Crippen LogP) is 4.07. The van der Waals surface area contributed by atoms with Crippen LogP contribution in [0.2, 0.25) is 5.02 Å². The van der Waals surface area contributed by atoms with Crippen LogP contribution in [0.4, 0.5) is 18.9 Å². The zero-order valence-corrected chi connectivity index (χ0v) is 15.0. The molecule has 11 heteroatoms. The molecule has 27 heavy (non-hydrogen) atoms. The number of thioether (sulfide) groups is 1. The second-order valence-corrected chi connectivity index (χ2v) is 6.55. The van der Waals surface area contributed by atoms with Crippen molar-refractivity contribution in [3.8, 4) is 5.82 Å². The molecule has 2 heterocycles. The maximum absolute atomic E-state index is 12.8. The lowest BCUT2D eigenvalue weighted by atomic mass is 10.2. The van der Waals surface area contributed by atoms with Crippen LogP contribution in [0.3, 0.4) is 0 Å². The van der Waals surface area contributed by atoms with Crippen LogP contribution in [0.25, 0.3) is 5.82 Å². The van der Waals surface area contributed by atoms with Crippen molar-refractivity contribution in [3.63, 3.8) is 0 Å². The van der Waals surface area contributed by atoms with Crippen molar-refractivity contribution in [3.05, 3.63) is 59.5 Å². The number of amides is 1. The van der Waals surface area contributed by atoms with Crippen molar-refractivity contribution in [2.24, 2.45) is 0 Å². The first kappa shape index (κ1) is 19.2. The number of hydrogen-bond acceptors (Lipinski definition) is 5. The fourth-order valence-electron chi connectivity index (χ4n) is 2.09. The molecule has 0 fully saturated rings. The Bertz CT molecular complexity index is 949. The monoisotopic (exact) mass is 413 g/mol. The third-order valence-corrected chi connectivity index (χ3v) is 4.59. The molecule has 0 aliphatic carbocycles. The number of carbonyl (C=O) groups is 1. The predicted molar refractivity (Wildman–Crippen MR) is 95.0 cm³/mol. The molecule has 0 saturated carbocycles. The number of anilines is 1. The van der Waals surface area contributed by atoms with Crippen molar-refractivity contribution in [1.29, 1.82) is 0 Å². The van der Waals surface area contributed by atoms with Gasteiger partial charge in [0.2, 0.25) is 5.91 Å². The lowest BCUT2D eigenvalue weighted by Gasteiger charge is -2.11. The molecule has 0 bridgehead atoms. The lowest BCUT2D eigenvalue weighted by molar-refractivity contribution is -0.137. The van der Waals surface area contributed by atoms with Crippen molar-refractivity contribution in [2.75, 3.05) is 11.1 Å². The first-order valence-corrected chi connectivity index (χ1v) is 8.82. The molecule has 3 rings (SSSR count). The number of nitrogens with zero attached hydrogens (tertiary/aromatic N) is 4. The van der Waals surface area contributed by atoms with Crippen LogP contribution in [-0.4, -0.2) is 31.4 Å². The van der Waals surface area contributed by atoms with Gasteiger partial charge in [0.05, 0.1) is 22.0 Å². The molecule has 0 aliphatic heterocycles. The summed E-state index contributed by atoms with van der Waals surface area (Å²) in [5.74, 6) is -0.0545. The van der Waals surface area contributed by atoms with Crippen LogP contribution in [0, 0.1) is 0 Å². The van der Waals surface area contributed by atoms with E-state index in [1.807, 2.05) is 0 Å². The minimum absolute atomic E-state index is 0.0120. The maximum atomic E-state index is 12.8. The van der Waals surface area contributed by atoms with Gasteiger partial charge in [-0.15, -0.1) is 10.2 Å². The van der Waals surface area contributed by atoms with Gasteiger partial charge < -0.3 is 5.32 Å². The first-order valence-electron chi connectivity index (χ1n) is 7.45. The van der Waals surface area contributed by atoms with Crippen molar-refractivity contribution < 1.29 is 18.0 Å². The summed E-state index contributed by atoms with van der Waals surface area (Å²) in [5, 5.41) is 10.5. The molecule has 140 valence electrons. The van der Waals surface area contributed by atoms with Gasteiger partial charge in [-0.1, -0.05) is 29.4 Å². The Kier molecular flexibility index (Phi) is 5.66. The van der Waals surface area contributed by atoms with Gasteiger partial charge in [0, 0.05) is 6.20 Å². The molecular weight excluding hydrogens is 403 g/mol. The van der Waals surface area contributed by atoms with Gasteiger partial charge in [0.15, 0.2) is 5.16 Å². The Balaban J connectivity index is 1.67. The number of carbonyl (C=O) groups excluding carboxylic acids is 1. The van der Waals surface area contributed by atoms with Crippen LogP contribution < -0.4 is 5.32 Å². The lowest BCUT2D eigenvalue weighted by Crippen LogP contribution is -2.16. The Morgan fingerprint density at radius 3 is 2.78 bits per heavy atom. The molecule has 0 spiro atoms. The summed E-state index contributed by atoms with van der Waals surface area (Å²) < 4.78 is 40.0. The smallest absolute Gasteiger partial charge is 0.324 e. The summed E-state index contributed by atoms with van der Waals surface area (Å²) in [4.78, 5) is 16.3. The van der Waals surface area contributed by atoms with Crippen molar-refractivity contribution in [1.82, 2.24) is 19.7 Å². The molecule has 0 radical (unpaired) electrons. The van der Waals surface area contributed by atoms with E-state index in [9.17, 15) is 18.0 Å². The van der Waals surface area contributed by atoms with E-state index in [0.717, 1.165) is 30.0 Å². The molecule has 2 aromatic heterocycles. The van der Waals surface area contributed by atoms with Gasteiger partial charge in [-0.05, 0) is 30.3 Å². The summed E-state index contributed by atoms with van der Waals surface area (Å²) in [6, 6.07) is 8.02. The van der Waals surface area contributed by atoms with Crippen LogP contribution in [-0.2, 0) is 11.0 Å². The van der Waals surface area contributed by atoms with Gasteiger partial charge in [-0.3, -0.25) is 9.36 Å². The summed E-state index contributed by atoms with van der Waals surface area (Å²) in [6.45, 7) is 0. The second-order valence-electron chi connectivity index (χ2n) is 5.20. The Morgan fingerprint density at radius 1 is 1.26 bits per heavy atom. The van der Waals surface area contributed by atoms with E-state index in [0.29, 0.717) is 11.0 Å². The topological polar surface area (TPSA) is 72.7 Å². The molecule has 1 N–H and O–H groups in total. The number of aromatic nitrogens is 4. The van der Waals surface area contributed by atoms with Gasteiger partial charge in [-0.25, -0.2) is 4.98 Å². The molecule has 0 aliphatic rings. The number of nitrogens with one attached hydrogen (secondary N) is 1. The van der Waals surface area contributed by atoms with E-state index in [2.05, 4.69) is 20.5 Å². The molecule has 3 aromatic rings. The summed E-state index contributed by atoms with van der Waals surface area (Å²) in [6.07, 6.45) is -1.48. The Labute approximate surface area is 160 Å². The van der Waals surface area contributed by atoms with E-state index in [4.69, 9.17) is 11.6 Å². The SMILES string of the molecule is O=C(CSc1nncn1-c1ccccn1)Nc1cc(C(F)(F)F)ccc1Cl. The molecule has 0 atom stereocenters. The first-order chi connectivity index (χ1) is 12.8. The molecule has 1 aromatic carbocycles. The largest absolute Gasteiger partial charge is 0.416 e. The molecular formula is C16H11ClF3N5OS. The number of benzene rings is 1. The fraction of sp³-hybridized carbons (Fsp3) is 0.125. The van der Waals surface area contributed by atoms with E-state index in [-0.39, 0.29) is 16.5 Å². The number of alkyl halides is 3. The molecule has 1 amide bonds. The van der Waals surface area contributed by atoms with Crippen LogP contribution >= 0.6 is 23.4 Å². The average molecular weight is 414 g/mol. The molecule has 0 unspecified atom stereocenters. The summed E-state index contributed by atoms with van der Waals surface area (Å²) >= 11 is 6.94. The standard InChI is InChI=1S/C16H11ClF3N5OS/c17-11-5-4-10(16(18,19)20)7-12(11)23-14(26)8-27-15-24-22-9-25(15)13-3-1-2-6-21-13/h1-7,9H,8H2,(H,23,26). The summed E-state index contributed by atoms with van der Waals surface area (Å²) in [7, 11) is 0. The third-order valence-electron chi connectivity index (χ3n) is 3.31. The zero-order valence-electron chi connectivity index (χ0n) is 13.4. The fourth-order valence-corrected chi connectivity index (χ4v) is 2.97. The van der Waals surface area contributed by atoms with Gasteiger partial charge >= 0.3 is 6.18 Å². The highest BCUT2D eigenvalue weighted by Gasteiger charge is 2.31.